The van der Waals surface area contributed by atoms with E-state index in [1.807, 2.05) is 0 Å². The summed E-state index contributed by atoms with van der Waals surface area (Å²) in [6.07, 6.45) is 2.36. The molecule has 1 rings (SSSR count). The first-order chi connectivity index (χ1) is 9.52. The van der Waals surface area contributed by atoms with Crippen molar-refractivity contribution in [2.45, 2.75) is 25.3 Å². The topological polar surface area (TPSA) is 115 Å². The number of amides is 1. The lowest BCUT2D eigenvalue weighted by Crippen LogP contribution is -2.41. The van der Waals surface area contributed by atoms with Crippen LogP contribution in [0.25, 0.3) is 0 Å². The monoisotopic (exact) mass is 281 g/mol. The van der Waals surface area contributed by atoms with Crippen molar-refractivity contribution >= 4 is 17.6 Å². The van der Waals surface area contributed by atoms with Gasteiger partial charge >= 0.3 is 5.97 Å². The van der Waals surface area contributed by atoms with Gasteiger partial charge in [0.05, 0.1) is 18.3 Å². The molecule has 1 heterocycles. The second-order valence-electron chi connectivity index (χ2n) is 4.35. The Labute approximate surface area is 117 Å². The number of nitrogens with two attached hydrogens (primary N) is 1. The Balaban J connectivity index is 2.48. The minimum atomic E-state index is -1.06. The average Bonchev–Trinajstić information content (AvgIpc) is 2.40. The zero-order valence-corrected chi connectivity index (χ0v) is 11.3. The fourth-order valence-corrected chi connectivity index (χ4v) is 1.64. The van der Waals surface area contributed by atoms with E-state index in [-0.39, 0.29) is 12.3 Å². The lowest BCUT2D eigenvalue weighted by Gasteiger charge is -2.14. The number of pyridine rings is 1. The highest BCUT2D eigenvalue weighted by Crippen LogP contribution is 2.03. The SMILES string of the molecule is COCCCC(NC(=O)Cc1ccc(N)cn1)C(=O)O. The number of carboxylic acids is 1. The molecule has 0 aliphatic rings. The van der Waals surface area contributed by atoms with Crippen LogP contribution in [-0.4, -0.2) is 41.7 Å². The molecule has 7 nitrogen and oxygen atoms in total. The van der Waals surface area contributed by atoms with E-state index in [0.717, 1.165) is 0 Å². The van der Waals surface area contributed by atoms with E-state index in [1.54, 1.807) is 19.2 Å². The van der Waals surface area contributed by atoms with E-state index >= 15 is 0 Å². The summed E-state index contributed by atoms with van der Waals surface area (Å²) >= 11 is 0. The zero-order valence-electron chi connectivity index (χ0n) is 11.3. The fourth-order valence-electron chi connectivity index (χ4n) is 1.64. The molecule has 1 unspecified atom stereocenters. The summed E-state index contributed by atoms with van der Waals surface area (Å²) in [5.74, 6) is -1.44. The number of carbonyl (C=O) groups excluding carboxylic acids is 1. The van der Waals surface area contributed by atoms with Gasteiger partial charge in [0.2, 0.25) is 5.91 Å². The lowest BCUT2D eigenvalue weighted by atomic mass is 10.1. The third-order valence-corrected chi connectivity index (χ3v) is 2.66. The summed E-state index contributed by atoms with van der Waals surface area (Å²) in [6.45, 7) is 0.458. The van der Waals surface area contributed by atoms with Gasteiger partial charge in [-0.3, -0.25) is 9.78 Å². The molecule has 20 heavy (non-hydrogen) atoms. The van der Waals surface area contributed by atoms with Gasteiger partial charge in [0.25, 0.3) is 0 Å². The number of nitrogens with one attached hydrogen (secondary N) is 1. The fraction of sp³-hybridized carbons (Fsp3) is 0.462. The molecule has 0 fully saturated rings. The molecule has 1 aromatic heterocycles. The summed E-state index contributed by atoms with van der Waals surface area (Å²) in [6, 6.07) is 2.37. The van der Waals surface area contributed by atoms with Gasteiger partial charge in [-0.2, -0.15) is 0 Å². The van der Waals surface area contributed by atoms with Crippen molar-refractivity contribution in [1.29, 1.82) is 0 Å². The number of rotatable bonds is 8. The second-order valence-corrected chi connectivity index (χ2v) is 4.35. The van der Waals surface area contributed by atoms with Gasteiger partial charge in [-0.05, 0) is 25.0 Å². The summed E-state index contributed by atoms with van der Waals surface area (Å²) in [5, 5.41) is 11.5. The first-order valence-electron chi connectivity index (χ1n) is 6.24. The number of methoxy groups -OCH3 is 1. The number of aliphatic carboxylic acids is 1. The van der Waals surface area contributed by atoms with Gasteiger partial charge in [0, 0.05) is 19.4 Å². The maximum atomic E-state index is 11.8. The smallest absolute Gasteiger partial charge is 0.326 e. The third kappa shape index (κ3) is 5.66. The second kappa shape index (κ2) is 8.11. The first-order valence-corrected chi connectivity index (χ1v) is 6.24. The molecule has 0 radical (unpaired) electrons. The molecular weight excluding hydrogens is 262 g/mol. The molecule has 0 aromatic carbocycles. The molecule has 1 amide bonds. The highest BCUT2D eigenvalue weighted by molar-refractivity contribution is 5.84. The zero-order chi connectivity index (χ0) is 15.0. The van der Waals surface area contributed by atoms with E-state index in [2.05, 4.69) is 10.3 Å². The van der Waals surface area contributed by atoms with Crippen LogP contribution in [0.2, 0.25) is 0 Å². The van der Waals surface area contributed by atoms with Gasteiger partial charge in [0.1, 0.15) is 6.04 Å². The lowest BCUT2D eigenvalue weighted by molar-refractivity contribution is -0.142. The Hall–Kier alpha value is -2.15. The van der Waals surface area contributed by atoms with E-state index in [4.69, 9.17) is 15.6 Å². The Kier molecular flexibility index (Phi) is 6.45. The number of ether oxygens (including phenoxy) is 1. The van der Waals surface area contributed by atoms with E-state index < -0.39 is 12.0 Å². The normalized spacial score (nSPS) is 11.8. The molecule has 0 aliphatic heterocycles. The van der Waals surface area contributed by atoms with Crippen molar-refractivity contribution in [3.63, 3.8) is 0 Å². The molecule has 7 heteroatoms. The van der Waals surface area contributed by atoms with Crippen LogP contribution in [-0.2, 0) is 20.7 Å². The van der Waals surface area contributed by atoms with Gasteiger partial charge < -0.3 is 20.9 Å². The van der Waals surface area contributed by atoms with Crippen LogP contribution in [0.4, 0.5) is 5.69 Å². The van der Waals surface area contributed by atoms with Crippen LogP contribution < -0.4 is 11.1 Å². The predicted octanol–water partition coefficient (Wildman–Crippen LogP) is 0.202. The summed E-state index contributed by atoms with van der Waals surface area (Å²) < 4.78 is 4.86. The standard InChI is InChI=1S/C13H19N3O4/c1-20-6-2-3-11(13(18)19)16-12(17)7-10-5-4-9(14)8-15-10/h4-5,8,11H,2-3,6-7,14H2,1H3,(H,16,17)(H,18,19). The first kappa shape index (κ1) is 15.9. The van der Waals surface area contributed by atoms with Gasteiger partial charge in [-0.1, -0.05) is 0 Å². The molecule has 0 saturated carbocycles. The van der Waals surface area contributed by atoms with Crippen molar-refractivity contribution < 1.29 is 19.4 Å². The Morgan fingerprint density at radius 3 is 2.80 bits per heavy atom. The molecule has 0 aliphatic carbocycles. The summed E-state index contributed by atoms with van der Waals surface area (Å²) in [4.78, 5) is 26.8. The molecule has 0 saturated heterocycles. The van der Waals surface area contributed by atoms with E-state index in [0.29, 0.717) is 30.8 Å². The minimum Gasteiger partial charge on any atom is -0.480 e. The van der Waals surface area contributed by atoms with Crippen LogP contribution in [0.5, 0.6) is 0 Å². The number of aromatic nitrogens is 1. The highest BCUT2D eigenvalue weighted by Gasteiger charge is 2.19. The number of hydrogen-bond acceptors (Lipinski definition) is 5. The molecule has 4 N–H and O–H groups in total. The van der Waals surface area contributed by atoms with Crippen LogP contribution >= 0.6 is 0 Å². The Morgan fingerprint density at radius 2 is 2.25 bits per heavy atom. The number of carbonyl (C=O) groups is 2. The van der Waals surface area contributed by atoms with Crippen LogP contribution in [0, 0.1) is 0 Å². The maximum Gasteiger partial charge on any atom is 0.326 e. The molecule has 1 atom stereocenters. The van der Waals surface area contributed by atoms with Crippen molar-refractivity contribution in [2.75, 3.05) is 19.5 Å². The number of nitrogens with zero attached hydrogens (tertiary/aromatic N) is 1. The molecular formula is C13H19N3O4. The largest absolute Gasteiger partial charge is 0.480 e. The molecule has 110 valence electrons. The van der Waals surface area contributed by atoms with Crippen LogP contribution in [0.15, 0.2) is 18.3 Å². The van der Waals surface area contributed by atoms with Gasteiger partial charge in [-0.25, -0.2) is 4.79 Å². The molecule has 0 spiro atoms. The summed E-state index contributed by atoms with van der Waals surface area (Å²) in [5.41, 5.74) is 6.54. The Bertz CT molecular complexity index is 447. The predicted molar refractivity (Wildman–Crippen MR) is 73.0 cm³/mol. The van der Waals surface area contributed by atoms with Crippen molar-refractivity contribution in [1.82, 2.24) is 10.3 Å². The van der Waals surface area contributed by atoms with Crippen molar-refractivity contribution in [3.05, 3.63) is 24.0 Å². The van der Waals surface area contributed by atoms with E-state index in [9.17, 15) is 9.59 Å². The highest BCUT2D eigenvalue weighted by atomic mass is 16.5. The van der Waals surface area contributed by atoms with Gasteiger partial charge in [-0.15, -0.1) is 0 Å². The van der Waals surface area contributed by atoms with Crippen LogP contribution in [0.1, 0.15) is 18.5 Å². The number of carboxylic acid groups (broad SMARTS) is 1. The quantitative estimate of drug-likeness (QED) is 0.586. The van der Waals surface area contributed by atoms with Crippen molar-refractivity contribution in [2.24, 2.45) is 0 Å². The Morgan fingerprint density at radius 1 is 1.50 bits per heavy atom. The summed E-state index contributed by atoms with van der Waals surface area (Å²) in [7, 11) is 1.54. The number of hydrogen-bond donors (Lipinski definition) is 3. The number of nitrogen functional groups attached to an aromatic ring is 1. The molecule has 0 bridgehead atoms. The van der Waals surface area contributed by atoms with Crippen molar-refractivity contribution in [3.8, 4) is 0 Å². The van der Waals surface area contributed by atoms with Gasteiger partial charge in [0.15, 0.2) is 0 Å². The average molecular weight is 281 g/mol. The number of anilines is 1. The van der Waals surface area contributed by atoms with Crippen LogP contribution in [0.3, 0.4) is 0 Å². The molecule has 1 aromatic rings. The minimum absolute atomic E-state index is 0.0222. The third-order valence-electron chi connectivity index (χ3n) is 2.66. The maximum absolute atomic E-state index is 11.8. The van der Waals surface area contributed by atoms with E-state index in [1.165, 1.54) is 6.20 Å².